The van der Waals surface area contributed by atoms with Gasteiger partial charge in [0.1, 0.15) is 6.10 Å². The van der Waals surface area contributed by atoms with Crippen LogP contribution in [-0.2, 0) is 0 Å². The molecule has 0 amide bonds. The van der Waals surface area contributed by atoms with Gasteiger partial charge >= 0.3 is 0 Å². The van der Waals surface area contributed by atoms with E-state index in [1.54, 1.807) is 0 Å². The summed E-state index contributed by atoms with van der Waals surface area (Å²) >= 11 is 0. The fraction of sp³-hybridized carbons (Fsp3) is 0.600. The third kappa shape index (κ3) is 2.86. The molecule has 21 heavy (non-hydrogen) atoms. The molecule has 1 fully saturated rings. The zero-order valence-corrected chi connectivity index (χ0v) is 12.3. The summed E-state index contributed by atoms with van der Waals surface area (Å²) in [7, 11) is 0. The minimum atomic E-state index is -1.49. The molecule has 0 radical (unpaired) electrons. The van der Waals surface area contributed by atoms with Gasteiger partial charge in [0, 0.05) is 23.9 Å². The Kier molecular flexibility index (Phi) is 4.46. The van der Waals surface area contributed by atoms with Gasteiger partial charge in [0.15, 0.2) is 17.4 Å². The molecule has 1 aromatic carbocycles. The fourth-order valence-corrected chi connectivity index (χ4v) is 2.55. The Hall–Kier alpha value is -1.30. The molecule has 6 heteroatoms. The topological polar surface area (TPSA) is 21.3 Å². The lowest BCUT2D eigenvalue weighted by molar-refractivity contribution is -0.0586. The van der Waals surface area contributed by atoms with E-state index in [0.29, 0.717) is 6.42 Å². The third-order valence-corrected chi connectivity index (χ3v) is 4.15. The first-order valence-corrected chi connectivity index (χ1v) is 7.02. The molecule has 1 N–H and O–H groups in total. The number of halogens is 4. The molecule has 2 nitrogen and oxygen atoms in total. The first-order chi connectivity index (χ1) is 9.78. The van der Waals surface area contributed by atoms with Crippen LogP contribution in [0.4, 0.5) is 17.6 Å². The van der Waals surface area contributed by atoms with E-state index in [4.69, 9.17) is 4.74 Å². The zero-order valence-electron chi connectivity index (χ0n) is 12.3. The molecule has 0 aromatic heterocycles. The van der Waals surface area contributed by atoms with E-state index in [1.165, 1.54) is 0 Å². The van der Waals surface area contributed by atoms with Crippen LogP contribution in [-0.4, -0.2) is 18.7 Å². The third-order valence-electron chi connectivity index (χ3n) is 4.15. The van der Waals surface area contributed by atoms with Gasteiger partial charge in [-0.3, -0.25) is 0 Å². The van der Waals surface area contributed by atoms with Crippen LogP contribution in [0.1, 0.15) is 33.6 Å². The number of hydrogen-bond donors (Lipinski definition) is 1. The van der Waals surface area contributed by atoms with Crippen molar-refractivity contribution in [3.05, 3.63) is 29.3 Å². The SMILES string of the molecule is CCCNC1CC(Oc2c(F)c(F)cc(F)c2F)C1(C)C. The van der Waals surface area contributed by atoms with Gasteiger partial charge in [-0.15, -0.1) is 0 Å². The molecule has 1 aromatic rings. The lowest BCUT2D eigenvalue weighted by Gasteiger charge is -2.51. The van der Waals surface area contributed by atoms with Crippen molar-refractivity contribution >= 4 is 0 Å². The maximum atomic E-state index is 13.6. The first kappa shape index (κ1) is 16.1. The van der Waals surface area contributed by atoms with Gasteiger partial charge in [-0.25, -0.2) is 8.78 Å². The van der Waals surface area contributed by atoms with Crippen molar-refractivity contribution in [2.75, 3.05) is 6.54 Å². The summed E-state index contributed by atoms with van der Waals surface area (Å²) in [6, 6.07) is 0.321. The van der Waals surface area contributed by atoms with Crippen LogP contribution in [0.15, 0.2) is 6.07 Å². The van der Waals surface area contributed by atoms with Gasteiger partial charge in [-0.05, 0) is 13.0 Å². The minimum Gasteiger partial charge on any atom is -0.484 e. The predicted octanol–water partition coefficient (Wildman–Crippen LogP) is 3.79. The molecule has 1 saturated carbocycles. The summed E-state index contributed by atoms with van der Waals surface area (Å²) in [5, 5.41) is 3.31. The highest BCUT2D eigenvalue weighted by Gasteiger charge is 2.50. The van der Waals surface area contributed by atoms with Gasteiger partial charge in [-0.2, -0.15) is 8.78 Å². The monoisotopic (exact) mass is 305 g/mol. The summed E-state index contributed by atoms with van der Waals surface area (Å²) in [6.07, 6.45) is 0.998. The highest BCUT2D eigenvalue weighted by Crippen LogP contribution is 2.44. The summed E-state index contributed by atoms with van der Waals surface area (Å²) in [5.74, 6) is -6.87. The fourth-order valence-electron chi connectivity index (χ4n) is 2.55. The largest absolute Gasteiger partial charge is 0.484 e. The average Bonchev–Trinajstić information content (AvgIpc) is 2.43. The van der Waals surface area contributed by atoms with E-state index in [1.807, 2.05) is 20.8 Å². The van der Waals surface area contributed by atoms with Crippen molar-refractivity contribution in [3.63, 3.8) is 0 Å². The van der Waals surface area contributed by atoms with Gasteiger partial charge in [0.2, 0.25) is 11.6 Å². The van der Waals surface area contributed by atoms with E-state index in [0.717, 1.165) is 13.0 Å². The first-order valence-electron chi connectivity index (χ1n) is 7.02. The average molecular weight is 305 g/mol. The number of benzene rings is 1. The van der Waals surface area contributed by atoms with Crippen molar-refractivity contribution in [1.82, 2.24) is 5.32 Å². The highest BCUT2D eigenvalue weighted by atomic mass is 19.2. The molecule has 0 aliphatic heterocycles. The van der Waals surface area contributed by atoms with Crippen LogP contribution in [0.3, 0.4) is 0 Å². The van der Waals surface area contributed by atoms with Crippen LogP contribution in [0.5, 0.6) is 5.75 Å². The Bertz CT molecular complexity index is 507. The maximum absolute atomic E-state index is 13.6. The number of nitrogens with one attached hydrogen (secondary N) is 1. The molecule has 0 heterocycles. The van der Waals surface area contributed by atoms with E-state index < -0.39 is 35.1 Å². The molecular weight excluding hydrogens is 286 g/mol. The maximum Gasteiger partial charge on any atom is 0.203 e. The van der Waals surface area contributed by atoms with Crippen molar-refractivity contribution < 1.29 is 22.3 Å². The summed E-state index contributed by atoms with van der Waals surface area (Å²) in [4.78, 5) is 0. The van der Waals surface area contributed by atoms with Gasteiger partial charge in [0.25, 0.3) is 0 Å². The predicted molar refractivity (Wildman–Crippen MR) is 71.2 cm³/mol. The molecule has 118 valence electrons. The standard InChI is InChI=1S/C15H19F4NO/c1-4-5-20-10-7-11(15(10,2)3)21-14-12(18)8(16)6-9(17)13(14)19/h6,10-11,20H,4-5,7H2,1-3H3. The summed E-state index contributed by atoms with van der Waals surface area (Å²) in [5.41, 5.74) is -0.378. The van der Waals surface area contributed by atoms with Crippen LogP contribution in [0, 0.1) is 28.7 Å². The molecule has 2 rings (SSSR count). The van der Waals surface area contributed by atoms with Gasteiger partial charge < -0.3 is 10.1 Å². The van der Waals surface area contributed by atoms with E-state index in [9.17, 15) is 17.6 Å². The minimum absolute atomic E-state index is 0.145. The second-order valence-corrected chi connectivity index (χ2v) is 5.97. The Morgan fingerprint density at radius 1 is 1.19 bits per heavy atom. The smallest absolute Gasteiger partial charge is 0.203 e. The van der Waals surface area contributed by atoms with Crippen molar-refractivity contribution in [3.8, 4) is 5.75 Å². The van der Waals surface area contributed by atoms with Crippen molar-refractivity contribution in [1.29, 1.82) is 0 Å². The molecule has 0 bridgehead atoms. The van der Waals surface area contributed by atoms with Crippen LogP contribution in [0.25, 0.3) is 0 Å². The molecule has 0 saturated heterocycles. The molecule has 2 atom stereocenters. The van der Waals surface area contributed by atoms with Gasteiger partial charge in [-0.1, -0.05) is 20.8 Å². The normalized spacial score (nSPS) is 23.8. The van der Waals surface area contributed by atoms with Crippen molar-refractivity contribution in [2.24, 2.45) is 5.41 Å². The highest BCUT2D eigenvalue weighted by molar-refractivity contribution is 5.29. The number of hydrogen-bond acceptors (Lipinski definition) is 2. The molecule has 0 spiro atoms. The zero-order chi connectivity index (χ0) is 15.8. The number of rotatable bonds is 5. The Morgan fingerprint density at radius 3 is 2.24 bits per heavy atom. The molecule has 1 aliphatic rings. The molecular formula is C15H19F4NO. The van der Waals surface area contributed by atoms with Crippen molar-refractivity contribution in [2.45, 2.75) is 45.8 Å². The summed E-state index contributed by atoms with van der Waals surface area (Å²) < 4.78 is 58.7. The quantitative estimate of drug-likeness (QED) is 0.660. The Labute approximate surface area is 121 Å². The van der Waals surface area contributed by atoms with Crippen LogP contribution < -0.4 is 10.1 Å². The van der Waals surface area contributed by atoms with Crippen LogP contribution in [0.2, 0.25) is 0 Å². The van der Waals surface area contributed by atoms with E-state index >= 15 is 0 Å². The van der Waals surface area contributed by atoms with Gasteiger partial charge in [0.05, 0.1) is 0 Å². The summed E-state index contributed by atoms with van der Waals surface area (Å²) in [6.45, 7) is 6.64. The second kappa shape index (κ2) is 5.83. The van der Waals surface area contributed by atoms with Crippen LogP contribution >= 0.6 is 0 Å². The molecule has 2 unspecified atom stereocenters. The number of ether oxygens (including phenoxy) is 1. The van der Waals surface area contributed by atoms with E-state index in [-0.39, 0.29) is 17.5 Å². The Balaban J connectivity index is 2.14. The Morgan fingerprint density at radius 2 is 1.76 bits per heavy atom. The van der Waals surface area contributed by atoms with E-state index in [2.05, 4.69) is 5.32 Å². The lowest BCUT2D eigenvalue weighted by Crippen LogP contribution is -2.62. The second-order valence-electron chi connectivity index (χ2n) is 5.97. The lowest BCUT2D eigenvalue weighted by atomic mass is 9.64. The molecule has 1 aliphatic carbocycles.